The maximum Gasteiger partial charge on any atom is 0.128 e. The Balaban J connectivity index is 2.02. The molecule has 110 valence electrons. The summed E-state index contributed by atoms with van der Waals surface area (Å²) >= 11 is 0. The van der Waals surface area contributed by atoms with Crippen LogP contribution in [0.1, 0.15) is 11.1 Å². The van der Waals surface area contributed by atoms with Gasteiger partial charge in [-0.3, -0.25) is 4.98 Å². The van der Waals surface area contributed by atoms with Crippen molar-refractivity contribution in [1.82, 2.24) is 4.98 Å². The number of nitrogens with two attached hydrogens (primary N) is 1. The van der Waals surface area contributed by atoms with Crippen LogP contribution in [0.4, 0.5) is 0 Å². The quantitative estimate of drug-likeness (QED) is 0.393. The topological polar surface area (TPSA) is 91.7 Å². The largest absolute Gasteiger partial charge is 0.508 e. The lowest BCUT2D eigenvalue weighted by molar-refractivity contribution is 0.450. The highest BCUT2D eigenvalue weighted by atomic mass is 16.3. The lowest BCUT2D eigenvalue weighted by Gasteiger charge is -2.10. The Morgan fingerprint density at radius 1 is 1.09 bits per heavy atom. The molecular formula is C17H15N3O2. The molecular weight excluding hydrogens is 278 g/mol. The van der Waals surface area contributed by atoms with Crippen LogP contribution in [0.2, 0.25) is 0 Å². The second-order valence-corrected chi connectivity index (χ2v) is 4.95. The summed E-state index contributed by atoms with van der Waals surface area (Å²) in [5.74, 6) is 5.43. The Morgan fingerprint density at radius 2 is 1.91 bits per heavy atom. The fourth-order valence-electron chi connectivity index (χ4n) is 2.46. The second kappa shape index (κ2) is 5.73. The van der Waals surface area contributed by atoms with Crippen molar-refractivity contribution < 1.29 is 10.2 Å². The standard InChI is InChI=1S/C17H15N3O2/c18-20-15(14-7-6-13(21)10-16(14)22)9-12-4-1-3-11-5-2-8-19-17(11)12/h1-8,10,21-22H,9,18H2/b20-15+. The number of pyridine rings is 1. The van der Waals surface area contributed by atoms with Crippen molar-refractivity contribution in [1.29, 1.82) is 0 Å². The molecule has 0 aliphatic heterocycles. The number of benzene rings is 2. The average molecular weight is 293 g/mol. The number of hydrogen-bond acceptors (Lipinski definition) is 5. The normalized spacial score (nSPS) is 11.7. The summed E-state index contributed by atoms with van der Waals surface area (Å²) in [5, 5.41) is 24.2. The van der Waals surface area contributed by atoms with Crippen molar-refractivity contribution in [3.8, 4) is 11.5 Å². The molecule has 22 heavy (non-hydrogen) atoms. The highest BCUT2D eigenvalue weighted by Crippen LogP contribution is 2.25. The summed E-state index contributed by atoms with van der Waals surface area (Å²) in [4.78, 5) is 4.40. The number of hydrogen-bond donors (Lipinski definition) is 3. The van der Waals surface area contributed by atoms with Gasteiger partial charge < -0.3 is 16.1 Å². The highest BCUT2D eigenvalue weighted by Gasteiger charge is 2.12. The lowest BCUT2D eigenvalue weighted by atomic mass is 9.99. The predicted octanol–water partition coefficient (Wildman–Crippen LogP) is 2.55. The Bertz CT molecular complexity index is 854. The molecule has 5 nitrogen and oxygen atoms in total. The minimum Gasteiger partial charge on any atom is -0.508 e. The second-order valence-electron chi connectivity index (χ2n) is 4.95. The number of phenols is 2. The molecule has 0 saturated heterocycles. The van der Waals surface area contributed by atoms with Crippen LogP contribution in [-0.2, 0) is 6.42 Å². The van der Waals surface area contributed by atoms with Crippen molar-refractivity contribution in [3.63, 3.8) is 0 Å². The SMILES string of the molecule is N/N=C(\Cc1cccc2cccnc12)c1ccc(O)cc1O. The van der Waals surface area contributed by atoms with Gasteiger partial charge in [-0.2, -0.15) is 5.10 Å². The molecule has 0 radical (unpaired) electrons. The number of nitrogens with zero attached hydrogens (tertiary/aromatic N) is 2. The van der Waals surface area contributed by atoms with Gasteiger partial charge in [-0.15, -0.1) is 0 Å². The number of rotatable bonds is 3. The number of phenolic OH excluding ortho intramolecular Hbond substituents is 2. The smallest absolute Gasteiger partial charge is 0.128 e. The third-order valence-corrected chi connectivity index (χ3v) is 3.52. The van der Waals surface area contributed by atoms with E-state index >= 15 is 0 Å². The first-order chi connectivity index (χ1) is 10.7. The van der Waals surface area contributed by atoms with E-state index in [9.17, 15) is 10.2 Å². The average Bonchev–Trinajstić information content (AvgIpc) is 2.53. The third kappa shape index (κ3) is 2.56. The zero-order chi connectivity index (χ0) is 15.5. The van der Waals surface area contributed by atoms with Crippen molar-refractivity contribution in [2.75, 3.05) is 0 Å². The number of hydrazone groups is 1. The number of aromatic hydroxyl groups is 2. The number of fused-ring (bicyclic) bond motifs is 1. The van der Waals surface area contributed by atoms with Gasteiger partial charge in [-0.25, -0.2) is 0 Å². The molecule has 1 heterocycles. The van der Waals surface area contributed by atoms with Gasteiger partial charge >= 0.3 is 0 Å². The highest BCUT2D eigenvalue weighted by molar-refractivity contribution is 6.05. The first kappa shape index (κ1) is 13.9. The Morgan fingerprint density at radius 3 is 2.68 bits per heavy atom. The van der Waals surface area contributed by atoms with E-state index in [1.165, 1.54) is 12.1 Å². The van der Waals surface area contributed by atoms with E-state index in [1.807, 2.05) is 30.3 Å². The molecule has 0 spiro atoms. The summed E-state index contributed by atoms with van der Waals surface area (Å²) in [7, 11) is 0. The molecule has 5 heteroatoms. The van der Waals surface area contributed by atoms with Crippen molar-refractivity contribution >= 4 is 16.6 Å². The van der Waals surface area contributed by atoms with Crippen LogP contribution < -0.4 is 5.84 Å². The van der Waals surface area contributed by atoms with Gasteiger partial charge in [0.2, 0.25) is 0 Å². The van der Waals surface area contributed by atoms with E-state index in [1.54, 1.807) is 12.3 Å². The van der Waals surface area contributed by atoms with Crippen molar-refractivity contribution in [2.45, 2.75) is 6.42 Å². The van der Waals surface area contributed by atoms with Crippen LogP contribution in [0, 0.1) is 0 Å². The van der Waals surface area contributed by atoms with Gasteiger partial charge in [-0.1, -0.05) is 24.3 Å². The molecule has 0 aliphatic rings. The van der Waals surface area contributed by atoms with E-state index in [0.717, 1.165) is 16.5 Å². The summed E-state index contributed by atoms with van der Waals surface area (Å²) in [6.07, 6.45) is 2.17. The predicted molar refractivity (Wildman–Crippen MR) is 85.9 cm³/mol. The van der Waals surface area contributed by atoms with E-state index in [4.69, 9.17) is 5.84 Å². The molecule has 3 rings (SSSR count). The summed E-state index contributed by atoms with van der Waals surface area (Å²) in [5.41, 5.74) is 2.86. The van der Waals surface area contributed by atoms with Crippen LogP contribution in [0.15, 0.2) is 59.8 Å². The van der Waals surface area contributed by atoms with Crippen molar-refractivity contribution in [2.24, 2.45) is 10.9 Å². The molecule has 0 unspecified atom stereocenters. The Kier molecular flexibility index (Phi) is 3.62. The Hall–Kier alpha value is -3.08. The van der Waals surface area contributed by atoms with Gasteiger partial charge in [0.15, 0.2) is 0 Å². The summed E-state index contributed by atoms with van der Waals surface area (Å²) in [6, 6.07) is 14.1. The van der Waals surface area contributed by atoms with Gasteiger partial charge in [-0.05, 0) is 23.8 Å². The molecule has 0 fully saturated rings. The van der Waals surface area contributed by atoms with Gasteiger partial charge in [0.25, 0.3) is 0 Å². The van der Waals surface area contributed by atoms with E-state index < -0.39 is 0 Å². The van der Waals surface area contributed by atoms with Crippen LogP contribution in [0.3, 0.4) is 0 Å². The molecule has 1 aromatic heterocycles. The first-order valence-corrected chi connectivity index (χ1v) is 6.81. The van der Waals surface area contributed by atoms with E-state index in [0.29, 0.717) is 17.7 Å². The molecule has 4 N–H and O–H groups in total. The maximum absolute atomic E-state index is 9.97. The van der Waals surface area contributed by atoms with Gasteiger partial charge in [0.1, 0.15) is 11.5 Å². The summed E-state index contributed by atoms with van der Waals surface area (Å²) in [6.45, 7) is 0. The molecule has 0 bridgehead atoms. The van der Waals surface area contributed by atoms with E-state index in [2.05, 4.69) is 10.1 Å². The maximum atomic E-state index is 9.97. The first-order valence-electron chi connectivity index (χ1n) is 6.81. The number of aromatic nitrogens is 1. The molecule has 2 aromatic carbocycles. The summed E-state index contributed by atoms with van der Waals surface area (Å²) < 4.78 is 0. The van der Waals surface area contributed by atoms with Gasteiger partial charge in [0, 0.05) is 29.6 Å². The zero-order valence-corrected chi connectivity index (χ0v) is 11.8. The van der Waals surface area contributed by atoms with Gasteiger partial charge in [0.05, 0.1) is 11.2 Å². The lowest BCUT2D eigenvalue weighted by Crippen LogP contribution is -2.09. The zero-order valence-electron chi connectivity index (χ0n) is 11.8. The molecule has 0 atom stereocenters. The van der Waals surface area contributed by atoms with Crippen LogP contribution in [0.5, 0.6) is 11.5 Å². The monoisotopic (exact) mass is 293 g/mol. The van der Waals surface area contributed by atoms with E-state index in [-0.39, 0.29) is 11.5 Å². The number of para-hydroxylation sites is 1. The fraction of sp³-hybridized carbons (Fsp3) is 0.0588. The third-order valence-electron chi connectivity index (χ3n) is 3.52. The van der Waals surface area contributed by atoms with Crippen molar-refractivity contribution in [3.05, 3.63) is 65.9 Å². The molecule has 0 aliphatic carbocycles. The minimum absolute atomic E-state index is 0.00977. The van der Waals surface area contributed by atoms with Crippen LogP contribution in [0.25, 0.3) is 10.9 Å². The minimum atomic E-state index is -0.0580. The van der Waals surface area contributed by atoms with Crippen LogP contribution in [-0.4, -0.2) is 20.9 Å². The molecule has 0 amide bonds. The molecule has 0 saturated carbocycles. The fourth-order valence-corrected chi connectivity index (χ4v) is 2.46. The van der Waals surface area contributed by atoms with Crippen LogP contribution >= 0.6 is 0 Å². The Labute approximate surface area is 127 Å². The molecule has 3 aromatic rings.